The lowest BCUT2D eigenvalue weighted by molar-refractivity contribution is -0.113. The molecule has 0 fully saturated rings. The Morgan fingerprint density at radius 1 is 1.20 bits per heavy atom. The topological polar surface area (TPSA) is 76.3 Å². The fourth-order valence-corrected chi connectivity index (χ4v) is 2.83. The normalized spacial score (nSPS) is 11.0. The van der Waals surface area contributed by atoms with Crippen LogP contribution in [0.1, 0.15) is 17.0 Å². The average molecular weight is 404 g/mol. The summed E-state index contributed by atoms with van der Waals surface area (Å²) in [4.78, 5) is 12.5. The molecular weight excluding hydrogens is 386 g/mol. The molecule has 0 bridgehead atoms. The number of hydrogen-bond donors (Lipinski definition) is 1. The number of nitrogens with zero attached hydrogens (tertiary/aromatic N) is 2. The molecule has 7 heteroatoms. The van der Waals surface area contributed by atoms with Crippen molar-refractivity contribution in [3.63, 3.8) is 0 Å². The number of halogens is 1. The molecule has 25 heavy (non-hydrogen) atoms. The van der Waals surface area contributed by atoms with Crippen LogP contribution in [0.2, 0.25) is 0 Å². The second-order valence-electron chi connectivity index (χ2n) is 5.29. The highest BCUT2D eigenvalue weighted by molar-refractivity contribution is 9.10. The van der Waals surface area contributed by atoms with E-state index >= 15 is 0 Å². The maximum absolute atomic E-state index is 12.5. The van der Waals surface area contributed by atoms with Gasteiger partial charge in [-0.15, -0.1) is 0 Å². The van der Waals surface area contributed by atoms with E-state index in [0.717, 1.165) is 11.4 Å². The smallest absolute Gasteiger partial charge is 0.280 e. The van der Waals surface area contributed by atoms with Crippen LogP contribution in [0.3, 0.4) is 0 Å². The first-order chi connectivity index (χ1) is 11.9. The van der Waals surface area contributed by atoms with Crippen LogP contribution in [-0.4, -0.2) is 24.8 Å². The van der Waals surface area contributed by atoms with Gasteiger partial charge in [0.25, 0.3) is 5.91 Å². The number of carbonyl (C=O) groups excluding carboxylic acids is 1. The highest BCUT2D eigenvalue weighted by Gasteiger charge is 2.14. The van der Waals surface area contributed by atoms with Gasteiger partial charge in [-0.1, -0.05) is 0 Å². The van der Waals surface area contributed by atoms with E-state index in [-0.39, 0.29) is 5.57 Å². The van der Waals surface area contributed by atoms with Crippen molar-refractivity contribution in [3.05, 3.63) is 51.3 Å². The molecule has 0 saturated heterocycles. The van der Waals surface area contributed by atoms with Gasteiger partial charge in [0.2, 0.25) is 0 Å². The lowest BCUT2D eigenvalue weighted by Gasteiger charge is -2.12. The molecule has 0 spiro atoms. The van der Waals surface area contributed by atoms with Gasteiger partial charge in [0, 0.05) is 23.0 Å². The number of aryl methyl sites for hydroxylation is 2. The number of rotatable bonds is 5. The summed E-state index contributed by atoms with van der Waals surface area (Å²) < 4.78 is 12.9. The molecule has 0 aliphatic heterocycles. The molecule has 0 atom stereocenters. The van der Waals surface area contributed by atoms with Crippen molar-refractivity contribution in [3.8, 4) is 17.6 Å². The lowest BCUT2D eigenvalue weighted by Crippen LogP contribution is -2.25. The van der Waals surface area contributed by atoms with E-state index < -0.39 is 5.91 Å². The molecule has 1 aromatic carbocycles. The van der Waals surface area contributed by atoms with E-state index in [2.05, 4.69) is 21.4 Å². The largest absolute Gasteiger partial charge is 0.496 e. The molecule has 0 saturated carbocycles. The molecule has 2 rings (SSSR count). The van der Waals surface area contributed by atoms with Gasteiger partial charge in [-0.2, -0.15) is 5.26 Å². The zero-order valence-electron chi connectivity index (χ0n) is 14.4. The maximum atomic E-state index is 12.5. The van der Waals surface area contributed by atoms with E-state index in [1.54, 1.807) is 23.9 Å². The minimum atomic E-state index is -0.501. The Hall–Kier alpha value is -2.72. The van der Waals surface area contributed by atoms with Crippen molar-refractivity contribution in [2.45, 2.75) is 13.8 Å². The fraction of sp³-hybridized carbons (Fsp3) is 0.222. The van der Waals surface area contributed by atoms with Crippen LogP contribution in [0.25, 0.3) is 6.08 Å². The number of benzene rings is 1. The van der Waals surface area contributed by atoms with Gasteiger partial charge in [0.1, 0.15) is 23.1 Å². The van der Waals surface area contributed by atoms with Crippen molar-refractivity contribution in [1.82, 2.24) is 4.68 Å². The van der Waals surface area contributed by atoms with Crippen molar-refractivity contribution >= 4 is 27.9 Å². The van der Waals surface area contributed by atoms with E-state index in [1.165, 1.54) is 13.2 Å². The monoisotopic (exact) mass is 403 g/mol. The Morgan fingerprint density at radius 2 is 1.80 bits per heavy atom. The summed E-state index contributed by atoms with van der Waals surface area (Å²) in [5.74, 6) is 0.586. The molecule has 0 aliphatic rings. The van der Waals surface area contributed by atoms with Gasteiger partial charge in [0.15, 0.2) is 0 Å². The third-order valence-electron chi connectivity index (χ3n) is 3.65. The number of methoxy groups -OCH3 is 2. The Bertz CT molecular complexity index is 859. The Kier molecular flexibility index (Phi) is 5.88. The minimum absolute atomic E-state index is 0.0390. The number of nitriles is 1. The molecule has 6 nitrogen and oxygen atoms in total. The Labute approximate surface area is 154 Å². The molecule has 1 amide bonds. The highest BCUT2D eigenvalue weighted by Crippen LogP contribution is 2.34. The molecule has 130 valence electrons. The van der Waals surface area contributed by atoms with Gasteiger partial charge in [0.05, 0.1) is 18.7 Å². The third kappa shape index (κ3) is 4.03. The van der Waals surface area contributed by atoms with E-state index in [1.807, 2.05) is 32.0 Å². The lowest BCUT2D eigenvalue weighted by atomic mass is 10.1. The van der Waals surface area contributed by atoms with Crippen LogP contribution in [0.4, 0.5) is 0 Å². The van der Waals surface area contributed by atoms with Crippen LogP contribution in [0.5, 0.6) is 11.5 Å². The molecular formula is C18H18BrN3O3. The van der Waals surface area contributed by atoms with Gasteiger partial charge in [-0.3, -0.25) is 14.9 Å². The molecule has 1 aromatic heterocycles. The third-order valence-corrected chi connectivity index (χ3v) is 4.27. The SMILES string of the molecule is COc1cc(OC)c(/C=C(/C#N)C(=O)Nn2c(C)ccc2C)cc1Br. The van der Waals surface area contributed by atoms with E-state index in [9.17, 15) is 10.1 Å². The molecule has 2 aromatic rings. The molecule has 0 radical (unpaired) electrons. The second-order valence-corrected chi connectivity index (χ2v) is 6.15. The molecule has 1 N–H and O–H groups in total. The number of aromatic nitrogens is 1. The predicted molar refractivity (Wildman–Crippen MR) is 99.1 cm³/mol. The maximum Gasteiger partial charge on any atom is 0.280 e. The van der Waals surface area contributed by atoms with E-state index in [0.29, 0.717) is 21.5 Å². The summed E-state index contributed by atoms with van der Waals surface area (Å²) in [5, 5.41) is 9.39. The first-order valence-corrected chi connectivity index (χ1v) is 8.20. The summed E-state index contributed by atoms with van der Waals surface area (Å²) in [7, 11) is 3.06. The summed E-state index contributed by atoms with van der Waals surface area (Å²) in [6.45, 7) is 3.74. The standard InChI is InChI=1S/C18H18BrN3O3/c1-11-5-6-12(2)22(11)21-18(23)14(10-20)7-13-8-15(19)17(25-4)9-16(13)24-3/h5-9H,1-4H3,(H,21,23)/b14-7-. The first-order valence-electron chi connectivity index (χ1n) is 7.41. The molecule has 1 heterocycles. The van der Waals surface area contributed by atoms with Crippen LogP contribution in [0.15, 0.2) is 34.3 Å². The van der Waals surface area contributed by atoms with Crippen LogP contribution >= 0.6 is 15.9 Å². The predicted octanol–water partition coefficient (Wildman–Crippen LogP) is 3.56. The fourth-order valence-electron chi connectivity index (χ4n) is 2.31. The summed E-state index contributed by atoms with van der Waals surface area (Å²) in [6, 6.07) is 9.12. The molecule has 0 unspecified atom stereocenters. The summed E-state index contributed by atoms with van der Waals surface area (Å²) in [6.07, 6.45) is 1.48. The van der Waals surface area contributed by atoms with Crippen LogP contribution < -0.4 is 14.9 Å². The van der Waals surface area contributed by atoms with Gasteiger partial charge < -0.3 is 9.47 Å². The van der Waals surface area contributed by atoms with Crippen LogP contribution in [0, 0.1) is 25.2 Å². The molecule has 0 aliphatic carbocycles. The summed E-state index contributed by atoms with van der Waals surface area (Å²) >= 11 is 3.39. The number of hydrogen-bond acceptors (Lipinski definition) is 4. The number of nitrogens with one attached hydrogen (secondary N) is 1. The summed E-state index contributed by atoms with van der Waals surface area (Å²) in [5.41, 5.74) is 5.00. The Morgan fingerprint density at radius 3 is 2.32 bits per heavy atom. The zero-order valence-corrected chi connectivity index (χ0v) is 16.0. The quantitative estimate of drug-likeness (QED) is 0.611. The van der Waals surface area contributed by atoms with Crippen LogP contribution in [-0.2, 0) is 4.79 Å². The van der Waals surface area contributed by atoms with Crippen molar-refractivity contribution in [2.24, 2.45) is 0 Å². The van der Waals surface area contributed by atoms with E-state index in [4.69, 9.17) is 9.47 Å². The highest BCUT2D eigenvalue weighted by atomic mass is 79.9. The number of amides is 1. The first kappa shape index (κ1) is 18.6. The van der Waals surface area contributed by atoms with Crippen molar-refractivity contribution in [2.75, 3.05) is 19.6 Å². The average Bonchev–Trinajstić information content (AvgIpc) is 2.91. The minimum Gasteiger partial charge on any atom is -0.496 e. The number of ether oxygens (including phenoxy) is 2. The second kappa shape index (κ2) is 7.90. The van der Waals surface area contributed by atoms with Gasteiger partial charge in [-0.25, -0.2) is 0 Å². The van der Waals surface area contributed by atoms with Crippen molar-refractivity contribution < 1.29 is 14.3 Å². The van der Waals surface area contributed by atoms with Gasteiger partial charge >= 0.3 is 0 Å². The van der Waals surface area contributed by atoms with Gasteiger partial charge in [-0.05, 0) is 54.1 Å². The zero-order chi connectivity index (χ0) is 18.6. The number of carbonyl (C=O) groups is 1. The van der Waals surface area contributed by atoms with Crippen molar-refractivity contribution in [1.29, 1.82) is 5.26 Å². The Balaban J connectivity index is 2.39.